The maximum Gasteiger partial charge on any atom is 0.255 e. The van der Waals surface area contributed by atoms with Crippen molar-refractivity contribution < 1.29 is 9.59 Å². The van der Waals surface area contributed by atoms with Gasteiger partial charge in [-0.05, 0) is 72.3 Å². The van der Waals surface area contributed by atoms with E-state index in [0.29, 0.717) is 16.8 Å². The summed E-state index contributed by atoms with van der Waals surface area (Å²) in [6.45, 7) is 0.717. The molecule has 0 saturated heterocycles. The first-order valence-electron chi connectivity index (χ1n) is 11.2. The number of Topliss-reactive ketones (excluding diaryl/α,β-unsaturated/α-hetero) is 1. The maximum absolute atomic E-state index is 13.5. The standard InChI is InChI=1S/C28H22N4O2/c33-27(26-25-6-3-15-32(25)17-21-4-1-2-5-24(21)31-26)18-7-10-22(11-8-18)30-28(34)20-9-12-23-19(16-20)13-14-29-23/h1-16,26,29,31H,17H2,(H,30,34). The summed E-state index contributed by atoms with van der Waals surface area (Å²) in [7, 11) is 0. The highest BCUT2D eigenvalue weighted by atomic mass is 16.1. The number of carbonyl (C=O) groups is 2. The highest BCUT2D eigenvalue weighted by Gasteiger charge is 2.28. The molecule has 1 atom stereocenters. The van der Waals surface area contributed by atoms with Gasteiger partial charge in [0.05, 0.1) is 0 Å². The van der Waals surface area contributed by atoms with Crippen molar-refractivity contribution >= 4 is 34.0 Å². The second kappa shape index (κ2) is 8.08. The van der Waals surface area contributed by atoms with Gasteiger partial charge in [0.25, 0.3) is 5.91 Å². The first-order chi connectivity index (χ1) is 16.7. The van der Waals surface area contributed by atoms with Gasteiger partial charge < -0.3 is 20.2 Å². The second-order valence-electron chi connectivity index (χ2n) is 8.47. The zero-order valence-electron chi connectivity index (χ0n) is 18.3. The molecule has 1 aliphatic rings. The third-order valence-electron chi connectivity index (χ3n) is 6.32. The van der Waals surface area contributed by atoms with Gasteiger partial charge in [0.15, 0.2) is 5.78 Å². The molecule has 166 valence electrons. The lowest BCUT2D eigenvalue weighted by atomic mass is 10.0. The van der Waals surface area contributed by atoms with E-state index in [9.17, 15) is 9.59 Å². The predicted molar refractivity (Wildman–Crippen MR) is 133 cm³/mol. The Morgan fingerprint density at radius 1 is 0.882 bits per heavy atom. The number of nitrogens with one attached hydrogen (secondary N) is 3. The van der Waals surface area contributed by atoms with Crippen LogP contribution in [0.3, 0.4) is 0 Å². The third kappa shape index (κ3) is 3.55. The zero-order chi connectivity index (χ0) is 23.1. The van der Waals surface area contributed by atoms with Crippen molar-refractivity contribution in [3.05, 3.63) is 120 Å². The summed E-state index contributed by atoms with van der Waals surface area (Å²) in [6, 6.07) is 26.0. The molecule has 3 heterocycles. The summed E-state index contributed by atoms with van der Waals surface area (Å²) >= 11 is 0. The summed E-state index contributed by atoms with van der Waals surface area (Å²) in [5.74, 6) is -0.213. The van der Waals surface area contributed by atoms with Gasteiger partial charge in [0.1, 0.15) is 6.04 Å². The van der Waals surface area contributed by atoms with Crippen molar-refractivity contribution in [3.8, 4) is 0 Å². The highest BCUT2D eigenvalue weighted by Crippen LogP contribution is 2.31. The Bertz CT molecular complexity index is 1530. The fraction of sp³-hybridized carbons (Fsp3) is 0.0714. The number of aromatic nitrogens is 2. The molecule has 5 aromatic rings. The monoisotopic (exact) mass is 446 g/mol. The van der Waals surface area contributed by atoms with Crippen molar-refractivity contribution in [2.45, 2.75) is 12.6 Å². The van der Waals surface area contributed by atoms with Crippen molar-refractivity contribution in [2.75, 3.05) is 10.6 Å². The van der Waals surface area contributed by atoms with Crippen molar-refractivity contribution in [1.82, 2.24) is 9.55 Å². The summed E-state index contributed by atoms with van der Waals surface area (Å²) in [4.78, 5) is 29.3. The van der Waals surface area contributed by atoms with Gasteiger partial charge in [-0.2, -0.15) is 0 Å². The molecular formula is C28H22N4O2. The Balaban J connectivity index is 1.23. The molecule has 1 unspecified atom stereocenters. The largest absolute Gasteiger partial charge is 0.370 e. The maximum atomic E-state index is 13.5. The van der Waals surface area contributed by atoms with E-state index in [-0.39, 0.29) is 11.7 Å². The van der Waals surface area contributed by atoms with E-state index in [1.807, 2.05) is 60.9 Å². The van der Waals surface area contributed by atoms with Crippen LogP contribution in [0.1, 0.15) is 38.0 Å². The molecular weight excluding hydrogens is 424 g/mol. The number of rotatable bonds is 4. The molecule has 34 heavy (non-hydrogen) atoms. The Labute approximate surface area is 196 Å². The molecule has 0 radical (unpaired) electrons. The lowest BCUT2D eigenvalue weighted by Crippen LogP contribution is -2.22. The molecule has 6 nitrogen and oxygen atoms in total. The lowest BCUT2D eigenvalue weighted by Gasteiger charge is -2.18. The number of H-pyrrole nitrogens is 1. The first-order valence-corrected chi connectivity index (χ1v) is 11.2. The van der Waals surface area contributed by atoms with Gasteiger partial charge in [-0.3, -0.25) is 9.59 Å². The van der Waals surface area contributed by atoms with Crippen LogP contribution in [0.5, 0.6) is 0 Å². The molecule has 6 heteroatoms. The summed E-state index contributed by atoms with van der Waals surface area (Å²) in [6.07, 6.45) is 3.85. The van der Waals surface area contributed by atoms with Crippen molar-refractivity contribution in [1.29, 1.82) is 0 Å². The fourth-order valence-electron chi connectivity index (χ4n) is 4.53. The number of amides is 1. The smallest absolute Gasteiger partial charge is 0.255 e. The molecule has 0 bridgehead atoms. The molecule has 0 aliphatic carbocycles. The van der Waals surface area contributed by atoms with E-state index in [0.717, 1.165) is 34.4 Å². The van der Waals surface area contributed by atoms with Gasteiger partial charge in [-0.15, -0.1) is 0 Å². The van der Waals surface area contributed by atoms with Crippen LogP contribution in [0.25, 0.3) is 10.9 Å². The number of fused-ring (bicyclic) bond motifs is 3. The summed E-state index contributed by atoms with van der Waals surface area (Å²) in [5.41, 5.74) is 5.82. The Hall–Kier alpha value is -4.58. The van der Waals surface area contributed by atoms with E-state index in [2.05, 4.69) is 26.3 Å². The highest BCUT2D eigenvalue weighted by molar-refractivity contribution is 6.07. The molecule has 0 saturated carbocycles. The second-order valence-corrected chi connectivity index (χ2v) is 8.47. The molecule has 6 rings (SSSR count). The van der Waals surface area contributed by atoms with Crippen LogP contribution in [-0.4, -0.2) is 21.2 Å². The van der Waals surface area contributed by atoms with E-state index in [4.69, 9.17) is 0 Å². The number of carbonyl (C=O) groups excluding carboxylic acids is 2. The minimum atomic E-state index is -0.493. The minimum absolute atomic E-state index is 0.0209. The Morgan fingerprint density at radius 2 is 1.71 bits per heavy atom. The molecule has 2 aromatic heterocycles. The molecule has 3 aromatic carbocycles. The number of para-hydroxylation sites is 1. The van der Waals surface area contributed by atoms with Gasteiger partial charge >= 0.3 is 0 Å². The summed E-state index contributed by atoms with van der Waals surface area (Å²) in [5, 5.41) is 7.34. The van der Waals surface area contributed by atoms with Crippen LogP contribution in [0.2, 0.25) is 0 Å². The average Bonchev–Trinajstić information content (AvgIpc) is 3.49. The lowest BCUT2D eigenvalue weighted by molar-refractivity contribution is 0.0966. The summed E-state index contributed by atoms with van der Waals surface area (Å²) < 4.78 is 2.11. The van der Waals surface area contributed by atoms with Gasteiger partial charge in [-0.25, -0.2) is 0 Å². The normalized spacial score (nSPS) is 14.5. The number of hydrogen-bond donors (Lipinski definition) is 3. The number of benzene rings is 3. The Kier molecular flexibility index (Phi) is 4.77. The van der Waals surface area contributed by atoms with Gasteiger partial charge in [0.2, 0.25) is 0 Å². The topological polar surface area (TPSA) is 78.9 Å². The van der Waals surface area contributed by atoms with Crippen LogP contribution in [0.4, 0.5) is 11.4 Å². The average molecular weight is 447 g/mol. The SMILES string of the molecule is O=C(Nc1ccc(C(=O)C2Nc3ccccc3Cn3cccc32)cc1)c1ccc2[nH]ccc2c1. The molecule has 0 fully saturated rings. The number of hydrogen-bond acceptors (Lipinski definition) is 3. The van der Waals surface area contributed by atoms with Gasteiger partial charge in [0, 0.05) is 58.0 Å². The minimum Gasteiger partial charge on any atom is -0.370 e. The number of aromatic amines is 1. The van der Waals surface area contributed by atoms with Crippen molar-refractivity contribution in [2.24, 2.45) is 0 Å². The third-order valence-corrected chi connectivity index (χ3v) is 6.32. The van der Waals surface area contributed by atoms with E-state index in [1.54, 1.807) is 30.3 Å². The van der Waals surface area contributed by atoms with Crippen LogP contribution in [0, 0.1) is 0 Å². The molecule has 0 spiro atoms. The molecule has 1 aliphatic heterocycles. The first kappa shape index (κ1) is 20.1. The van der Waals surface area contributed by atoms with Crippen LogP contribution < -0.4 is 10.6 Å². The van der Waals surface area contributed by atoms with Crippen LogP contribution in [-0.2, 0) is 6.54 Å². The van der Waals surface area contributed by atoms with Crippen LogP contribution in [0.15, 0.2) is 97.3 Å². The van der Waals surface area contributed by atoms with E-state index < -0.39 is 6.04 Å². The molecule has 1 amide bonds. The van der Waals surface area contributed by atoms with Gasteiger partial charge in [-0.1, -0.05) is 18.2 Å². The number of ketones is 1. The van der Waals surface area contributed by atoms with Crippen LogP contribution >= 0.6 is 0 Å². The Morgan fingerprint density at radius 3 is 2.59 bits per heavy atom. The van der Waals surface area contributed by atoms with E-state index >= 15 is 0 Å². The number of anilines is 2. The number of nitrogens with zero attached hydrogens (tertiary/aromatic N) is 1. The van der Waals surface area contributed by atoms with Crippen molar-refractivity contribution in [3.63, 3.8) is 0 Å². The molecule has 3 N–H and O–H groups in total. The zero-order valence-corrected chi connectivity index (χ0v) is 18.3. The predicted octanol–water partition coefficient (Wildman–Crippen LogP) is 5.62. The quantitative estimate of drug-likeness (QED) is 0.314. The van der Waals surface area contributed by atoms with E-state index in [1.165, 1.54) is 0 Å². The fourth-order valence-corrected chi connectivity index (χ4v) is 4.53.